The van der Waals surface area contributed by atoms with Gasteiger partial charge in [0.15, 0.2) is 0 Å². The van der Waals surface area contributed by atoms with E-state index < -0.39 is 0 Å². The molecule has 0 unspecified atom stereocenters. The highest BCUT2D eigenvalue weighted by molar-refractivity contribution is 7.09. The molecule has 0 bridgehead atoms. The second-order valence-corrected chi connectivity index (χ2v) is 6.78. The van der Waals surface area contributed by atoms with Crippen LogP contribution in [0.3, 0.4) is 0 Å². The lowest BCUT2D eigenvalue weighted by molar-refractivity contribution is -0.136. The van der Waals surface area contributed by atoms with Crippen LogP contribution in [-0.2, 0) is 22.6 Å². The number of carbonyl (C=O) groups is 1. The number of thiazole rings is 1. The van der Waals surface area contributed by atoms with Crippen LogP contribution in [0.1, 0.15) is 23.2 Å². The molecule has 1 aliphatic heterocycles. The molecule has 0 aliphatic carbocycles. The summed E-state index contributed by atoms with van der Waals surface area (Å²) in [5.74, 6) is 0.966. The first-order valence-electron chi connectivity index (χ1n) is 8.12. The first-order chi connectivity index (χ1) is 11.7. The van der Waals surface area contributed by atoms with Crippen molar-refractivity contribution in [1.29, 1.82) is 0 Å². The van der Waals surface area contributed by atoms with E-state index in [1.54, 1.807) is 17.5 Å². The molecule has 24 heavy (non-hydrogen) atoms. The maximum atomic E-state index is 12.3. The molecule has 6 nitrogen and oxygen atoms in total. The van der Waals surface area contributed by atoms with Gasteiger partial charge in [0.1, 0.15) is 12.4 Å². The molecule has 3 rings (SSSR count). The Balaban J connectivity index is 1.79. The molecule has 0 saturated carbocycles. The van der Waals surface area contributed by atoms with Crippen molar-refractivity contribution in [2.24, 2.45) is 0 Å². The zero-order valence-electron chi connectivity index (χ0n) is 14.1. The molecule has 0 radical (unpaired) electrons. The van der Waals surface area contributed by atoms with Crippen molar-refractivity contribution in [3.8, 4) is 0 Å². The number of hydrogen-bond acceptors (Lipinski definition) is 6. The molecule has 1 aliphatic rings. The van der Waals surface area contributed by atoms with Crippen LogP contribution in [0.15, 0.2) is 23.7 Å². The largest absolute Gasteiger partial charge is 0.372 e. The molecule has 0 saturated heterocycles. The molecule has 0 spiro atoms. The summed E-state index contributed by atoms with van der Waals surface area (Å²) < 4.78 is 5.27. The van der Waals surface area contributed by atoms with E-state index >= 15 is 0 Å². The average molecular weight is 346 g/mol. The zero-order chi connectivity index (χ0) is 16.9. The van der Waals surface area contributed by atoms with Gasteiger partial charge in [0.2, 0.25) is 5.91 Å². The van der Waals surface area contributed by atoms with Crippen molar-refractivity contribution in [2.45, 2.75) is 26.9 Å². The van der Waals surface area contributed by atoms with Gasteiger partial charge in [-0.3, -0.25) is 4.79 Å². The van der Waals surface area contributed by atoms with E-state index in [4.69, 9.17) is 4.74 Å². The summed E-state index contributed by atoms with van der Waals surface area (Å²) in [4.78, 5) is 25.5. The standard InChI is InChI=1S/C17H22N4O2S/c1-3-23-11-16(22)20-7-8-21(10-15-12-24-13(2)19-15)17-14(9-20)5-4-6-18-17/h4-6,12H,3,7-11H2,1-2H3. The van der Waals surface area contributed by atoms with Crippen LogP contribution in [0.25, 0.3) is 0 Å². The Labute approximate surface area is 146 Å². The molecule has 7 heteroatoms. The molecule has 128 valence electrons. The lowest BCUT2D eigenvalue weighted by atomic mass is 10.2. The molecule has 1 amide bonds. The minimum absolute atomic E-state index is 0.0259. The van der Waals surface area contributed by atoms with Crippen molar-refractivity contribution in [1.82, 2.24) is 14.9 Å². The molecule has 0 N–H and O–H groups in total. The normalized spacial score (nSPS) is 14.4. The summed E-state index contributed by atoms with van der Waals surface area (Å²) in [5, 5.41) is 3.15. The fourth-order valence-corrected chi connectivity index (χ4v) is 3.40. The van der Waals surface area contributed by atoms with Gasteiger partial charge in [-0.1, -0.05) is 6.07 Å². The van der Waals surface area contributed by atoms with Crippen LogP contribution in [0.2, 0.25) is 0 Å². The van der Waals surface area contributed by atoms with E-state index in [2.05, 4.69) is 20.2 Å². The predicted octanol–water partition coefficient (Wildman–Crippen LogP) is 2.23. The van der Waals surface area contributed by atoms with Gasteiger partial charge in [-0.05, 0) is 19.9 Å². The van der Waals surface area contributed by atoms with Crippen molar-refractivity contribution in [3.63, 3.8) is 0 Å². The topological polar surface area (TPSA) is 58.6 Å². The summed E-state index contributed by atoms with van der Waals surface area (Å²) in [6, 6.07) is 3.95. The molecular weight excluding hydrogens is 324 g/mol. The quantitative estimate of drug-likeness (QED) is 0.831. The Kier molecular flexibility index (Phi) is 5.42. The van der Waals surface area contributed by atoms with Crippen LogP contribution in [0.5, 0.6) is 0 Å². The van der Waals surface area contributed by atoms with E-state index in [9.17, 15) is 4.79 Å². The molecular formula is C17H22N4O2S. The first-order valence-corrected chi connectivity index (χ1v) is 9.00. The zero-order valence-corrected chi connectivity index (χ0v) is 14.9. The number of pyridine rings is 1. The molecule has 0 atom stereocenters. The van der Waals surface area contributed by atoms with Crippen molar-refractivity contribution in [3.05, 3.63) is 40.0 Å². The number of ether oxygens (including phenoxy) is 1. The lowest BCUT2D eigenvalue weighted by Gasteiger charge is -2.23. The number of aromatic nitrogens is 2. The summed E-state index contributed by atoms with van der Waals surface area (Å²) in [6.45, 7) is 7.27. The summed E-state index contributed by atoms with van der Waals surface area (Å²) in [6.07, 6.45) is 1.80. The third-order valence-corrected chi connectivity index (χ3v) is 4.79. The lowest BCUT2D eigenvalue weighted by Crippen LogP contribution is -2.37. The van der Waals surface area contributed by atoms with Crippen LogP contribution in [0.4, 0.5) is 5.82 Å². The smallest absolute Gasteiger partial charge is 0.248 e. The molecule has 3 heterocycles. The third kappa shape index (κ3) is 3.91. The second kappa shape index (κ2) is 7.72. The van der Waals surface area contributed by atoms with E-state index in [0.717, 1.165) is 28.6 Å². The predicted molar refractivity (Wildman–Crippen MR) is 94.0 cm³/mol. The van der Waals surface area contributed by atoms with Crippen molar-refractivity contribution in [2.75, 3.05) is 31.2 Å². The van der Waals surface area contributed by atoms with Gasteiger partial charge in [0.05, 0.1) is 17.2 Å². The van der Waals surface area contributed by atoms with Crippen LogP contribution >= 0.6 is 11.3 Å². The summed E-state index contributed by atoms with van der Waals surface area (Å²) >= 11 is 1.65. The highest BCUT2D eigenvalue weighted by Crippen LogP contribution is 2.24. The number of amides is 1. The van der Waals surface area contributed by atoms with Gasteiger partial charge in [0, 0.05) is 43.4 Å². The number of fused-ring (bicyclic) bond motifs is 1. The monoisotopic (exact) mass is 346 g/mol. The summed E-state index contributed by atoms with van der Waals surface area (Å²) in [7, 11) is 0. The van der Waals surface area contributed by atoms with Gasteiger partial charge in [0.25, 0.3) is 0 Å². The fourth-order valence-electron chi connectivity index (χ4n) is 2.79. The second-order valence-electron chi connectivity index (χ2n) is 5.72. The minimum Gasteiger partial charge on any atom is -0.372 e. The Hall–Kier alpha value is -1.99. The highest BCUT2D eigenvalue weighted by atomic mass is 32.1. The fraction of sp³-hybridized carbons (Fsp3) is 0.471. The summed E-state index contributed by atoms with van der Waals surface area (Å²) in [5.41, 5.74) is 2.11. The number of carbonyl (C=O) groups excluding carboxylic acids is 1. The molecule has 0 aromatic carbocycles. The van der Waals surface area contributed by atoms with Gasteiger partial charge in [-0.25, -0.2) is 9.97 Å². The number of aryl methyl sites for hydroxylation is 1. The maximum Gasteiger partial charge on any atom is 0.248 e. The number of rotatable bonds is 5. The van der Waals surface area contributed by atoms with E-state index in [-0.39, 0.29) is 12.5 Å². The van der Waals surface area contributed by atoms with E-state index in [1.807, 2.05) is 30.9 Å². The Morgan fingerprint density at radius 2 is 2.29 bits per heavy atom. The van der Waals surface area contributed by atoms with E-state index in [1.165, 1.54) is 0 Å². The maximum absolute atomic E-state index is 12.3. The molecule has 2 aromatic heterocycles. The van der Waals surface area contributed by atoms with Gasteiger partial charge in [-0.2, -0.15) is 0 Å². The molecule has 2 aromatic rings. The Morgan fingerprint density at radius 3 is 3.04 bits per heavy atom. The SMILES string of the molecule is CCOCC(=O)N1CCN(Cc2csc(C)n2)c2ncccc2C1. The van der Waals surface area contributed by atoms with Crippen LogP contribution in [0, 0.1) is 6.92 Å². The Bertz CT molecular complexity index is 703. The number of anilines is 1. The van der Waals surface area contributed by atoms with Crippen LogP contribution < -0.4 is 4.90 Å². The highest BCUT2D eigenvalue weighted by Gasteiger charge is 2.24. The first kappa shape index (κ1) is 16.9. The number of nitrogens with zero attached hydrogens (tertiary/aromatic N) is 4. The Morgan fingerprint density at radius 1 is 1.42 bits per heavy atom. The van der Waals surface area contributed by atoms with Crippen molar-refractivity contribution < 1.29 is 9.53 Å². The van der Waals surface area contributed by atoms with Crippen molar-refractivity contribution >= 4 is 23.1 Å². The molecule has 0 fully saturated rings. The van der Waals surface area contributed by atoms with Gasteiger partial charge >= 0.3 is 0 Å². The van der Waals surface area contributed by atoms with E-state index in [0.29, 0.717) is 26.2 Å². The van der Waals surface area contributed by atoms with Gasteiger partial charge < -0.3 is 14.5 Å². The third-order valence-electron chi connectivity index (χ3n) is 3.97. The van der Waals surface area contributed by atoms with Crippen LogP contribution in [-0.4, -0.2) is 47.1 Å². The number of hydrogen-bond donors (Lipinski definition) is 0. The van der Waals surface area contributed by atoms with Gasteiger partial charge in [-0.15, -0.1) is 11.3 Å². The average Bonchev–Trinajstić information content (AvgIpc) is 2.90. The minimum atomic E-state index is 0.0259.